The molecule has 1 aromatic carbocycles. The third-order valence-electron chi connectivity index (χ3n) is 5.71. The molecule has 0 aliphatic carbocycles. The average molecular weight is 440 g/mol. The second-order valence-corrected chi connectivity index (χ2v) is 7.83. The van der Waals surface area contributed by atoms with E-state index < -0.39 is 17.7 Å². The van der Waals surface area contributed by atoms with Crippen LogP contribution in [0.3, 0.4) is 0 Å². The molecule has 1 amide bonds. The van der Waals surface area contributed by atoms with Gasteiger partial charge in [0.2, 0.25) is 0 Å². The summed E-state index contributed by atoms with van der Waals surface area (Å²) in [5.74, 6) is -0.450. The summed E-state index contributed by atoms with van der Waals surface area (Å²) in [5, 5.41) is 11.0. The van der Waals surface area contributed by atoms with E-state index in [0.29, 0.717) is 50.0 Å². The molecule has 0 unspecified atom stereocenters. The second kappa shape index (κ2) is 10.0. The van der Waals surface area contributed by atoms with E-state index in [2.05, 4.69) is 4.90 Å². The molecule has 2 aliphatic heterocycles. The van der Waals surface area contributed by atoms with Gasteiger partial charge in [0.05, 0.1) is 31.7 Å². The van der Waals surface area contributed by atoms with Gasteiger partial charge in [-0.25, -0.2) is 0 Å². The summed E-state index contributed by atoms with van der Waals surface area (Å²) in [6, 6.07) is 9.48. The Kier molecular flexibility index (Phi) is 6.92. The number of carbonyl (C=O) groups excluding carboxylic acids is 2. The predicted octanol–water partition coefficient (Wildman–Crippen LogP) is 2.82. The van der Waals surface area contributed by atoms with Crippen molar-refractivity contribution in [3.63, 3.8) is 0 Å². The number of hydrogen-bond donors (Lipinski definition) is 1. The first-order valence-corrected chi connectivity index (χ1v) is 10.9. The summed E-state index contributed by atoms with van der Waals surface area (Å²) in [5.41, 5.74) is 0.478. The van der Waals surface area contributed by atoms with Gasteiger partial charge in [0, 0.05) is 31.7 Å². The summed E-state index contributed by atoms with van der Waals surface area (Å²) in [6.45, 7) is 6.43. The molecule has 0 saturated carbocycles. The highest BCUT2D eigenvalue weighted by Gasteiger charge is 2.47. The number of rotatable bonds is 8. The largest absolute Gasteiger partial charge is 0.507 e. The van der Waals surface area contributed by atoms with E-state index in [1.807, 2.05) is 6.92 Å². The lowest BCUT2D eigenvalue weighted by Crippen LogP contribution is -2.42. The van der Waals surface area contributed by atoms with Gasteiger partial charge in [-0.15, -0.1) is 0 Å². The first-order chi connectivity index (χ1) is 15.6. The third-order valence-corrected chi connectivity index (χ3v) is 5.71. The highest BCUT2D eigenvalue weighted by molar-refractivity contribution is 6.46. The highest BCUT2D eigenvalue weighted by Crippen LogP contribution is 2.39. The number of likely N-dealkylation sites (tertiary alicyclic amines) is 1. The van der Waals surface area contributed by atoms with Crippen LogP contribution in [0.1, 0.15) is 30.7 Å². The normalized spacial score (nSPS) is 21.3. The zero-order valence-electron chi connectivity index (χ0n) is 18.2. The van der Waals surface area contributed by atoms with E-state index in [9.17, 15) is 14.7 Å². The molecule has 0 bridgehead atoms. The Morgan fingerprint density at radius 1 is 1.12 bits per heavy atom. The molecular weight excluding hydrogens is 412 g/mol. The number of ketones is 1. The molecule has 8 heteroatoms. The molecule has 2 fully saturated rings. The standard InChI is InChI=1S/C24H28N2O6/c1-2-13-31-18-7-5-17(6-8-18)22(27)20-21(19-4-3-14-32-19)26(24(29)23(20)28)10-9-25-11-15-30-16-12-25/h3-8,14,21,27H,2,9-13,15-16H2,1H3/b22-20+/t21-/m0/s1. The Balaban J connectivity index is 1.63. The Morgan fingerprint density at radius 3 is 2.53 bits per heavy atom. The van der Waals surface area contributed by atoms with Crippen molar-refractivity contribution in [1.82, 2.24) is 9.80 Å². The second-order valence-electron chi connectivity index (χ2n) is 7.83. The average Bonchev–Trinajstić information content (AvgIpc) is 3.44. The molecule has 2 aromatic rings. The highest BCUT2D eigenvalue weighted by atomic mass is 16.5. The number of aliphatic hydroxyl groups is 1. The Hall–Kier alpha value is -3.10. The van der Waals surface area contributed by atoms with Crippen LogP contribution in [0.15, 0.2) is 52.7 Å². The lowest BCUT2D eigenvalue weighted by Gasteiger charge is -2.30. The van der Waals surface area contributed by atoms with E-state index >= 15 is 0 Å². The Morgan fingerprint density at radius 2 is 1.88 bits per heavy atom. The molecular formula is C24H28N2O6. The lowest BCUT2D eigenvalue weighted by atomic mass is 9.99. The summed E-state index contributed by atoms with van der Waals surface area (Å²) >= 11 is 0. The number of nitrogens with zero attached hydrogens (tertiary/aromatic N) is 2. The minimum atomic E-state index is -0.776. The van der Waals surface area contributed by atoms with Crippen molar-refractivity contribution in [3.05, 3.63) is 59.6 Å². The third kappa shape index (κ3) is 4.56. The number of hydrogen-bond acceptors (Lipinski definition) is 7. The van der Waals surface area contributed by atoms with Gasteiger partial charge < -0.3 is 23.9 Å². The number of furan rings is 1. The minimum Gasteiger partial charge on any atom is -0.507 e. The van der Waals surface area contributed by atoms with Crippen LogP contribution in [-0.2, 0) is 14.3 Å². The molecule has 1 atom stereocenters. The smallest absolute Gasteiger partial charge is 0.295 e. The summed E-state index contributed by atoms with van der Waals surface area (Å²) in [7, 11) is 0. The Bertz CT molecular complexity index is 961. The zero-order chi connectivity index (χ0) is 22.5. The Labute approximate surface area is 187 Å². The molecule has 2 aliphatic rings. The van der Waals surface area contributed by atoms with E-state index in [4.69, 9.17) is 13.9 Å². The van der Waals surface area contributed by atoms with Crippen LogP contribution >= 0.6 is 0 Å². The molecule has 0 spiro atoms. The van der Waals surface area contributed by atoms with Crippen molar-refractivity contribution in [2.45, 2.75) is 19.4 Å². The van der Waals surface area contributed by atoms with Crippen molar-refractivity contribution in [3.8, 4) is 5.75 Å². The fraction of sp³-hybridized carbons (Fsp3) is 0.417. The van der Waals surface area contributed by atoms with E-state index in [0.717, 1.165) is 19.5 Å². The maximum absolute atomic E-state index is 13.0. The van der Waals surface area contributed by atoms with Crippen LogP contribution in [0.5, 0.6) is 5.75 Å². The molecule has 1 N–H and O–H groups in total. The van der Waals surface area contributed by atoms with Crippen LogP contribution in [0.4, 0.5) is 0 Å². The van der Waals surface area contributed by atoms with Gasteiger partial charge in [-0.2, -0.15) is 0 Å². The van der Waals surface area contributed by atoms with Crippen LogP contribution < -0.4 is 4.74 Å². The van der Waals surface area contributed by atoms with E-state index in [1.54, 1.807) is 36.4 Å². The molecule has 32 heavy (non-hydrogen) atoms. The molecule has 2 saturated heterocycles. The summed E-state index contributed by atoms with van der Waals surface area (Å²) in [4.78, 5) is 29.6. The fourth-order valence-electron chi connectivity index (χ4n) is 4.01. The van der Waals surface area contributed by atoms with Crippen LogP contribution in [0, 0.1) is 0 Å². The van der Waals surface area contributed by atoms with Gasteiger partial charge in [-0.05, 0) is 42.8 Å². The number of ether oxygens (including phenoxy) is 2. The number of aliphatic hydroxyl groups excluding tert-OH is 1. The lowest BCUT2D eigenvalue weighted by molar-refractivity contribution is -0.140. The molecule has 0 radical (unpaired) electrons. The number of carbonyl (C=O) groups is 2. The van der Waals surface area contributed by atoms with Crippen molar-refractivity contribution in [1.29, 1.82) is 0 Å². The summed E-state index contributed by atoms with van der Waals surface area (Å²) in [6.07, 6.45) is 2.38. The number of amides is 1. The van der Waals surface area contributed by atoms with Crippen molar-refractivity contribution in [2.24, 2.45) is 0 Å². The number of benzene rings is 1. The first-order valence-electron chi connectivity index (χ1n) is 10.9. The van der Waals surface area contributed by atoms with Crippen molar-refractivity contribution < 1.29 is 28.6 Å². The van der Waals surface area contributed by atoms with Crippen molar-refractivity contribution >= 4 is 17.4 Å². The molecule has 8 nitrogen and oxygen atoms in total. The van der Waals surface area contributed by atoms with Crippen LogP contribution in [0.25, 0.3) is 5.76 Å². The topological polar surface area (TPSA) is 92.5 Å². The molecule has 4 rings (SSSR count). The monoisotopic (exact) mass is 440 g/mol. The fourth-order valence-corrected chi connectivity index (χ4v) is 4.01. The molecule has 3 heterocycles. The number of Topliss-reactive ketones (excluding diaryl/α,β-unsaturated/α-hetero) is 1. The van der Waals surface area contributed by atoms with Crippen LogP contribution in [0.2, 0.25) is 0 Å². The van der Waals surface area contributed by atoms with Gasteiger partial charge in [-0.1, -0.05) is 6.92 Å². The zero-order valence-corrected chi connectivity index (χ0v) is 18.2. The quantitative estimate of drug-likeness (QED) is 0.383. The van der Waals surface area contributed by atoms with Gasteiger partial charge in [0.1, 0.15) is 23.3 Å². The maximum atomic E-state index is 13.0. The minimum absolute atomic E-state index is 0.0363. The summed E-state index contributed by atoms with van der Waals surface area (Å²) < 4.78 is 16.5. The first kappa shape index (κ1) is 22.1. The number of morpholine rings is 1. The molecule has 1 aromatic heterocycles. The molecule has 170 valence electrons. The van der Waals surface area contributed by atoms with Gasteiger partial charge in [-0.3, -0.25) is 14.5 Å². The van der Waals surface area contributed by atoms with Crippen LogP contribution in [-0.4, -0.2) is 72.6 Å². The predicted molar refractivity (Wildman–Crippen MR) is 117 cm³/mol. The maximum Gasteiger partial charge on any atom is 0.295 e. The van der Waals surface area contributed by atoms with Gasteiger partial charge >= 0.3 is 0 Å². The van der Waals surface area contributed by atoms with E-state index in [-0.39, 0.29) is 11.3 Å². The van der Waals surface area contributed by atoms with Gasteiger partial charge in [0.25, 0.3) is 11.7 Å². The van der Waals surface area contributed by atoms with Gasteiger partial charge in [0.15, 0.2) is 0 Å². The SMILES string of the molecule is CCCOc1ccc(/C(O)=C2\C(=O)C(=O)N(CCN3CCOCC3)[C@H]2c2ccco2)cc1. The van der Waals surface area contributed by atoms with E-state index in [1.165, 1.54) is 11.2 Å². The van der Waals surface area contributed by atoms with Crippen molar-refractivity contribution in [2.75, 3.05) is 46.0 Å².